The molecular weight excluding hydrogens is 546 g/mol. The summed E-state index contributed by atoms with van der Waals surface area (Å²) < 4.78 is 11.7. The normalized spacial score (nSPS) is 15.9. The number of rotatable bonds is 9. The number of anilines is 2. The van der Waals surface area contributed by atoms with Crippen LogP contribution in [0.3, 0.4) is 0 Å². The number of nitrogens with zero attached hydrogens (tertiary/aromatic N) is 3. The summed E-state index contributed by atoms with van der Waals surface area (Å²) in [5, 5.41) is 9.53. The summed E-state index contributed by atoms with van der Waals surface area (Å²) in [6.45, 7) is 7.97. The molecule has 234 valence electrons. The fourth-order valence-corrected chi connectivity index (χ4v) is 6.20. The van der Waals surface area contributed by atoms with Gasteiger partial charge in [0.05, 0.1) is 6.42 Å². The van der Waals surface area contributed by atoms with Crippen molar-refractivity contribution in [1.82, 2.24) is 4.90 Å². The third kappa shape index (κ3) is 7.61. The molecule has 0 saturated heterocycles. The number of hydrogen-bond donors (Lipinski definition) is 1. The molecule has 1 fully saturated rings. The number of carbonyl (C=O) groups excluding carboxylic acids is 2. The van der Waals surface area contributed by atoms with Crippen LogP contribution in [0.25, 0.3) is 0 Å². The molecule has 1 aliphatic heterocycles. The second kappa shape index (κ2) is 13.3. The van der Waals surface area contributed by atoms with Crippen LogP contribution >= 0.6 is 0 Å². The predicted octanol–water partition coefficient (Wildman–Crippen LogP) is 6.29. The number of carboxylic acids is 1. The van der Waals surface area contributed by atoms with Gasteiger partial charge in [-0.2, -0.15) is 0 Å². The minimum absolute atomic E-state index is 0.394. The number of aliphatic carboxylic acids is 1. The third-order valence-corrected chi connectivity index (χ3v) is 8.48. The van der Waals surface area contributed by atoms with Crippen molar-refractivity contribution >= 4 is 29.3 Å². The molecule has 2 aliphatic rings. The van der Waals surface area contributed by atoms with E-state index >= 15 is 0 Å². The van der Waals surface area contributed by atoms with Gasteiger partial charge in [0, 0.05) is 39.1 Å². The van der Waals surface area contributed by atoms with Crippen LogP contribution in [0.4, 0.5) is 16.2 Å². The van der Waals surface area contributed by atoms with E-state index in [0.717, 1.165) is 33.0 Å². The van der Waals surface area contributed by atoms with Crippen molar-refractivity contribution in [2.24, 2.45) is 0 Å². The Labute approximate surface area is 255 Å². The van der Waals surface area contributed by atoms with E-state index in [4.69, 9.17) is 9.47 Å². The monoisotopic (exact) mass is 593 g/mol. The zero-order valence-electron chi connectivity index (χ0n) is 26.7. The largest absolute Gasteiger partial charge is 0.489 e. The van der Waals surface area contributed by atoms with E-state index in [2.05, 4.69) is 37.2 Å². The maximum atomic E-state index is 13.7. The summed E-state index contributed by atoms with van der Waals surface area (Å²) in [6, 6.07) is 9.20. The van der Waals surface area contributed by atoms with E-state index in [9.17, 15) is 19.5 Å². The molecule has 1 saturated carbocycles. The predicted molar refractivity (Wildman–Crippen MR) is 168 cm³/mol. The highest BCUT2D eigenvalue weighted by molar-refractivity contribution is 6.02. The highest BCUT2D eigenvalue weighted by Crippen LogP contribution is 2.39. The Morgan fingerprint density at radius 3 is 2.37 bits per heavy atom. The van der Waals surface area contributed by atoms with E-state index in [0.29, 0.717) is 25.5 Å². The summed E-state index contributed by atoms with van der Waals surface area (Å²) in [5.41, 5.74) is 5.65. The second-order valence-corrected chi connectivity index (χ2v) is 13.0. The Bertz CT molecular complexity index is 1340. The van der Waals surface area contributed by atoms with Crippen molar-refractivity contribution in [2.45, 2.75) is 96.8 Å². The number of fused-ring (bicyclic) bond motifs is 1. The minimum atomic E-state index is -1.20. The van der Waals surface area contributed by atoms with Gasteiger partial charge < -0.3 is 24.4 Å². The van der Waals surface area contributed by atoms with Gasteiger partial charge in [-0.05, 0) is 93.3 Å². The molecule has 0 aromatic heterocycles. The molecule has 9 heteroatoms. The Hall–Kier alpha value is -3.75. The number of carboxylic acid groups (broad SMARTS) is 1. The first-order chi connectivity index (χ1) is 20.3. The quantitative estimate of drug-likeness (QED) is 0.365. The smallest absolute Gasteiger partial charge is 0.410 e. The molecular formula is C34H47N3O6. The molecule has 0 unspecified atom stereocenters. The van der Waals surface area contributed by atoms with E-state index in [1.165, 1.54) is 50.4 Å². The molecule has 2 aromatic carbocycles. The Morgan fingerprint density at radius 1 is 1.05 bits per heavy atom. The molecule has 1 aliphatic carbocycles. The van der Waals surface area contributed by atoms with Crippen LogP contribution in [0.15, 0.2) is 30.3 Å². The van der Waals surface area contributed by atoms with E-state index in [1.54, 1.807) is 25.7 Å². The highest BCUT2D eigenvalue weighted by atomic mass is 16.6. The molecule has 43 heavy (non-hydrogen) atoms. The zero-order valence-corrected chi connectivity index (χ0v) is 26.7. The number of carbonyl (C=O) groups is 3. The van der Waals surface area contributed by atoms with Gasteiger partial charge in [0.25, 0.3) is 5.91 Å². The lowest BCUT2D eigenvalue weighted by Crippen LogP contribution is -2.51. The topological polar surface area (TPSA) is 99.6 Å². The number of likely N-dealkylation sites (N-methyl/N-ethyl adjacent to an activating group) is 1. The van der Waals surface area contributed by atoms with Gasteiger partial charge in [0.1, 0.15) is 24.0 Å². The van der Waals surface area contributed by atoms with Crippen molar-refractivity contribution in [3.63, 3.8) is 0 Å². The van der Waals surface area contributed by atoms with Crippen molar-refractivity contribution < 1.29 is 29.0 Å². The molecule has 9 nitrogen and oxygen atoms in total. The molecule has 1 heterocycles. The molecule has 0 radical (unpaired) electrons. The third-order valence-electron chi connectivity index (χ3n) is 8.48. The maximum Gasteiger partial charge on any atom is 0.410 e. The minimum Gasteiger partial charge on any atom is -0.489 e. The first-order valence-corrected chi connectivity index (χ1v) is 15.3. The van der Waals surface area contributed by atoms with Gasteiger partial charge >= 0.3 is 12.1 Å². The van der Waals surface area contributed by atoms with Crippen LogP contribution in [0.2, 0.25) is 0 Å². The summed E-state index contributed by atoms with van der Waals surface area (Å²) in [7, 11) is 5.59. The van der Waals surface area contributed by atoms with Crippen LogP contribution < -0.4 is 14.5 Å². The summed E-state index contributed by atoms with van der Waals surface area (Å²) in [4.78, 5) is 42.9. The van der Waals surface area contributed by atoms with Crippen molar-refractivity contribution in [3.8, 4) is 5.75 Å². The number of amides is 2. The first-order valence-electron chi connectivity index (χ1n) is 15.3. The molecule has 1 N–H and O–H groups in total. The molecule has 2 aromatic rings. The van der Waals surface area contributed by atoms with Gasteiger partial charge in [0.15, 0.2) is 0 Å². The Kier molecular flexibility index (Phi) is 9.93. The van der Waals surface area contributed by atoms with Crippen molar-refractivity contribution in [1.29, 1.82) is 0 Å². The van der Waals surface area contributed by atoms with Crippen LogP contribution in [-0.2, 0) is 27.4 Å². The number of ether oxygens (including phenoxy) is 2. The average Bonchev–Trinajstić information content (AvgIpc) is 3.39. The standard InChI is InChI=1S/C34H47N3O6/c1-22-25-17-18-37(32(40)29(20-31(38)39)36(7)33(41)43-34(2,3)4)27(25)15-16-30(22)42-21-23-13-14-26(28(19-23)35(5)6)24-11-9-8-10-12-24/h13-16,19,24,29H,8-12,17-18,20-21H2,1-7H3,(H,38,39)/t29-/m1/s1. The van der Waals surface area contributed by atoms with Crippen LogP contribution in [0.1, 0.15) is 87.5 Å². The van der Waals surface area contributed by atoms with Gasteiger partial charge in [-0.1, -0.05) is 31.4 Å². The van der Waals surface area contributed by atoms with Gasteiger partial charge in [-0.15, -0.1) is 0 Å². The average molecular weight is 594 g/mol. The van der Waals surface area contributed by atoms with Gasteiger partial charge in [0.2, 0.25) is 0 Å². The van der Waals surface area contributed by atoms with Crippen LogP contribution in [0.5, 0.6) is 5.75 Å². The Morgan fingerprint density at radius 2 is 1.74 bits per heavy atom. The van der Waals surface area contributed by atoms with Crippen LogP contribution in [0, 0.1) is 6.92 Å². The molecule has 1 atom stereocenters. The lowest BCUT2D eigenvalue weighted by Gasteiger charge is -2.31. The Balaban J connectivity index is 1.50. The molecule has 4 rings (SSSR count). The fraction of sp³-hybridized carbons (Fsp3) is 0.559. The highest BCUT2D eigenvalue weighted by Gasteiger charge is 2.38. The number of benzene rings is 2. The lowest BCUT2D eigenvalue weighted by atomic mass is 9.83. The summed E-state index contributed by atoms with van der Waals surface area (Å²) >= 11 is 0. The summed E-state index contributed by atoms with van der Waals surface area (Å²) in [6.07, 6.45) is 5.77. The van der Waals surface area contributed by atoms with E-state index in [1.807, 2.05) is 19.1 Å². The maximum absolute atomic E-state index is 13.7. The fourth-order valence-electron chi connectivity index (χ4n) is 6.20. The van der Waals surface area contributed by atoms with Gasteiger partial charge in [-0.3, -0.25) is 14.5 Å². The zero-order chi connectivity index (χ0) is 31.5. The SMILES string of the molecule is Cc1c(OCc2ccc(C3CCCCC3)c(N(C)C)c2)ccc2c1CCN2C(=O)[C@@H](CC(=O)O)N(C)C(=O)OC(C)(C)C. The first kappa shape index (κ1) is 32.2. The van der Waals surface area contributed by atoms with Crippen molar-refractivity contribution in [2.75, 3.05) is 37.5 Å². The van der Waals surface area contributed by atoms with Crippen LogP contribution in [-0.4, -0.2) is 67.3 Å². The summed E-state index contributed by atoms with van der Waals surface area (Å²) in [5.74, 6) is -0.248. The second-order valence-electron chi connectivity index (χ2n) is 13.0. The lowest BCUT2D eigenvalue weighted by molar-refractivity contribution is -0.140. The van der Waals surface area contributed by atoms with E-state index in [-0.39, 0.29) is 0 Å². The molecule has 2 amide bonds. The van der Waals surface area contributed by atoms with Gasteiger partial charge in [-0.25, -0.2) is 4.79 Å². The van der Waals surface area contributed by atoms with Crippen molar-refractivity contribution in [3.05, 3.63) is 52.6 Å². The van der Waals surface area contributed by atoms with E-state index < -0.39 is 36.0 Å². The number of hydrogen-bond acceptors (Lipinski definition) is 6. The molecule has 0 bridgehead atoms. The molecule has 0 spiro atoms.